The van der Waals surface area contributed by atoms with Crippen LogP contribution in [0, 0.1) is 0 Å². The summed E-state index contributed by atoms with van der Waals surface area (Å²) >= 11 is 1.21. The average Bonchev–Trinajstić information content (AvgIpc) is 3.02. The molecule has 0 bridgehead atoms. The molecule has 1 aromatic heterocycles. The zero-order chi connectivity index (χ0) is 12.8. The first-order chi connectivity index (χ1) is 8.83. The van der Waals surface area contributed by atoms with Crippen LogP contribution < -0.4 is 5.32 Å². The maximum Gasteiger partial charge on any atom is 0.213 e. The van der Waals surface area contributed by atoms with Crippen molar-refractivity contribution in [2.45, 2.75) is 18.9 Å². The minimum atomic E-state index is -0.0776. The van der Waals surface area contributed by atoms with Crippen molar-refractivity contribution in [1.29, 1.82) is 0 Å². The highest BCUT2D eigenvalue weighted by molar-refractivity contribution is 7.14. The monoisotopic (exact) mass is 265 g/mol. The van der Waals surface area contributed by atoms with Crippen molar-refractivity contribution in [3.63, 3.8) is 0 Å². The number of aromatic nitrogens is 1. The van der Waals surface area contributed by atoms with Gasteiger partial charge in [0.1, 0.15) is 11.8 Å². The molecule has 1 amide bonds. The van der Waals surface area contributed by atoms with Gasteiger partial charge in [-0.05, 0) is 18.9 Å². The van der Waals surface area contributed by atoms with Crippen LogP contribution in [0.4, 0.5) is 5.13 Å². The molecule has 0 saturated carbocycles. The number of aldehydes is 1. The van der Waals surface area contributed by atoms with Crippen molar-refractivity contribution in [1.82, 2.24) is 4.98 Å². The quantitative estimate of drug-likeness (QED) is 0.364. The largest absolute Gasteiger partial charge is 0.388 e. The summed E-state index contributed by atoms with van der Waals surface area (Å²) in [5.41, 5.74) is 0.506. The molecule has 1 N–H and O–H groups in total. The van der Waals surface area contributed by atoms with Crippen LogP contribution in [0.1, 0.15) is 18.5 Å². The van der Waals surface area contributed by atoms with Gasteiger partial charge < -0.3 is 10.2 Å². The molecule has 0 aliphatic heterocycles. The van der Waals surface area contributed by atoms with E-state index in [0.717, 1.165) is 12.8 Å². The van der Waals surface area contributed by atoms with Gasteiger partial charge in [0.15, 0.2) is 17.1 Å². The molecule has 0 radical (unpaired) electrons. The Morgan fingerprint density at radius 3 is 3.17 bits per heavy atom. The van der Waals surface area contributed by atoms with Gasteiger partial charge in [-0.25, -0.2) is 4.98 Å². The summed E-state index contributed by atoms with van der Waals surface area (Å²) in [6.07, 6.45) is 6.78. The molecule has 1 atom stereocenters. The van der Waals surface area contributed by atoms with Crippen molar-refractivity contribution in [2.75, 3.05) is 5.32 Å². The van der Waals surface area contributed by atoms with Crippen molar-refractivity contribution in [3.8, 4) is 0 Å². The summed E-state index contributed by atoms with van der Waals surface area (Å²) in [6, 6.07) is 0. The Bertz CT molecular complexity index is 495. The van der Waals surface area contributed by atoms with E-state index in [1.807, 2.05) is 12.2 Å². The van der Waals surface area contributed by atoms with Gasteiger partial charge in [0.25, 0.3) is 0 Å². The maximum absolute atomic E-state index is 10.9. The summed E-state index contributed by atoms with van der Waals surface area (Å²) in [5, 5.41) is 8.25. The number of carbonyl (C=O) groups excluding carboxylic acids is 2. The van der Waals surface area contributed by atoms with E-state index >= 15 is 0 Å². The fourth-order valence-electron chi connectivity index (χ4n) is 1.45. The van der Waals surface area contributed by atoms with Crippen molar-refractivity contribution < 1.29 is 14.4 Å². The van der Waals surface area contributed by atoms with E-state index in [1.54, 1.807) is 5.38 Å². The molecule has 7 heteroatoms. The molecule has 0 fully saturated rings. The van der Waals surface area contributed by atoms with Gasteiger partial charge in [0, 0.05) is 5.38 Å². The minimum Gasteiger partial charge on any atom is -0.388 e. The van der Waals surface area contributed by atoms with Crippen molar-refractivity contribution in [3.05, 3.63) is 23.2 Å². The second kappa shape index (κ2) is 6.06. The number of hydrogen-bond acceptors (Lipinski definition) is 6. The number of allylic oxidation sites excluding steroid dienone is 1. The second-order valence-electron chi connectivity index (χ2n) is 3.54. The van der Waals surface area contributed by atoms with Crippen LogP contribution >= 0.6 is 11.3 Å². The minimum absolute atomic E-state index is 0.0776. The summed E-state index contributed by atoms with van der Waals surface area (Å²) in [6.45, 7) is 0. The summed E-state index contributed by atoms with van der Waals surface area (Å²) in [4.78, 5) is 30.4. The SMILES string of the molecule is O=CNc1nc(C(C=O)=NOC2C=CCC2)cs1. The molecular formula is C11H11N3O3S. The number of oxime groups is 1. The highest BCUT2D eigenvalue weighted by atomic mass is 32.1. The normalized spacial score (nSPS) is 18.7. The molecule has 94 valence electrons. The molecule has 0 spiro atoms. The van der Waals surface area contributed by atoms with Gasteiger partial charge in [-0.2, -0.15) is 0 Å². The molecule has 1 unspecified atom stereocenters. The van der Waals surface area contributed by atoms with E-state index in [2.05, 4.69) is 15.5 Å². The zero-order valence-electron chi connectivity index (χ0n) is 9.41. The Hall–Kier alpha value is -2.02. The summed E-state index contributed by atoms with van der Waals surface area (Å²) in [7, 11) is 0. The Balaban J connectivity index is 2.05. The smallest absolute Gasteiger partial charge is 0.213 e. The Kier molecular flexibility index (Phi) is 4.19. The van der Waals surface area contributed by atoms with Crippen LogP contribution in [0.25, 0.3) is 0 Å². The molecule has 6 nitrogen and oxygen atoms in total. The van der Waals surface area contributed by atoms with Gasteiger partial charge >= 0.3 is 0 Å². The van der Waals surface area contributed by atoms with Crippen LogP contribution in [-0.2, 0) is 14.4 Å². The van der Waals surface area contributed by atoms with Crippen LogP contribution in [0.2, 0.25) is 0 Å². The van der Waals surface area contributed by atoms with E-state index in [0.29, 0.717) is 23.5 Å². The van der Waals surface area contributed by atoms with E-state index in [1.165, 1.54) is 11.3 Å². The van der Waals surface area contributed by atoms with E-state index in [9.17, 15) is 9.59 Å². The lowest BCUT2D eigenvalue weighted by atomic mass is 10.3. The van der Waals surface area contributed by atoms with Crippen LogP contribution in [-0.4, -0.2) is 29.5 Å². The van der Waals surface area contributed by atoms with Crippen LogP contribution in [0.5, 0.6) is 0 Å². The van der Waals surface area contributed by atoms with E-state index in [-0.39, 0.29) is 11.8 Å². The Morgan fingerprint density at radius 1 is 1.61 bits per heavy atom. The van der Waals surface area contributed by atoms with Gasteiger partial charge in [0.05, 0.1) is 0 Å². The fourth-order valence-corrected chi connectivity index (χ4v) is 2.12. The number of amides is 1. The van der Waals surface area contributed by atoms with Crippen LogP contribution in [0.3, 0.4) is 0 Å². The number of rotatable bonds is 6. The number of thiazole rings is 1. The van der Waals surface area contributed by atoms with Gasteiger partial charge in [-0.15, -0.1) is 11.3 Å². The average molecular weight is 265 g/mol. The number of hydrogen-bond donors (Lipinski definition) is 1. The van der Waals surface area contributed by atoms with Gasteiger partial charge in [0.2, 0.25) is 6.41 Å². The molecule has 0 aromatic carbocycles. The maximum atomic E-state index is 10.9. The first kappa shape index (κ1) is 12.4. The van der Waals surface area contributed by atoms with Crippen LogP contribution in [0.15, 0.2) is 22.7 Å². The number of nitrogens with zero attached hydrogens (tertiary/aromatic N) is 2. The standard InChI is InChI=1S/C11H11N3O3S/c15-5-9(14-17-8-3-1-2-4-8)10-6-18-11(13-10)12-7-16/h1,3,5-8H,2,4H2,(H,12,13,16). The van der Waals surface area contributed by atoms with E-state index < -0.39 is 0 Å². The molecule has 18 heavy (non-hydrogen) atoms. The molecule has 0 saturated heterocycles. The molecule has 1 aromatic rings. The molecular weight excluding hydrogens is 254 g/mol. The zero-order valence-corrected chi connectivity index (χ0v) is 10.2. The lowest BCUT2D eigenvalue weighted by molar-refractivity contribution is -0.105. The highest BCUT2D eigenvalue weighted by Gasteiger charge is 2.12. The first-order valence-electron chi connectivity index (χ1n) is 5.35. The molecule has 1 aliphatic carbocycles. The second-order valence-corrected chi connectivity index (χ2v) is 4.40. The first-order valence-corrected chi connectivity index (χ1v) is 6.23. The third kappa shape index (κ3) is 3.01. The van der Waals surface area contributed by atoms with E-state index in [4.69, 9.17) is 4.84 Å². The lowest BCUT2D eigenvalue weighted by Crippen LogP contribution is -2.08. The third-order valence-electron chi connectivity index (χ3n) is 2.32. The Morgan fingerprint density at radius 2 is 2.50 bits per heavy atom. The van der Waals surface area contributed by atoms with Gasteiger partial charge in [-0.1, -0.05) is 11.2 Å². The fraction of sp³-hybridized carbons (Fsp3) is 0.273. The molecule has 2 rings (SSSR count). The number of carbonyl (C=O) groups is 2. The predicted octanol–water partition coefficient (Wildman–Crippen LogP) is 1.35. The predicted molar refractivity (Wildman–Crippen MR) is 67.6 cm³/mol. The highest BCUT2D eigenvalue weighted by Crippen LogP contribution is 2.16. The third-order valence-corrected chi connectivity index (χ3v) is 3.09. The van der Waals surface area contributed by atoms with Gasteiger partial charge in [-0.3, -0.25) is 9.59 Å². The lowest BCUT2D eigenvalue weighted by Gasteiger charge is -2.04. The van der Waals surface area contributed by atoms with Crippen molar-refractivity contribution in [2.24, 2.45) is 5.16 Å². The topological polar surface area (TPSA) is 80.7 Å². The summed E-state index contributed by atoms with van der Waals surface area (Å²) in [5.74, 6) is 0. The summed E-state index contributed by atoms with van der Waals surface area (Å²) < 4.78 is 0. The molecule has 1 heterocycles. The molecule has 1 aliphatic rings. The number of nitrogens with one attached hydrogen (secondary N) is 1. The Labute approximate surface area is 107 Å². The number of anilines is 1. The van der Waals surface area contributed by atoms with Crippen molar-refractivity contribution >= 4 is 34.9 Å².